The Morgan fingerprint density at radius 1 is 1.33 bits per heavy atom. The Labute approximate surface area is 105 Å². The average molecular weight is 273 g/mol. The fraction of sp³-hybridized carbons (Fsp3) is 0.455. The van der Waals surface area contributed by atoms with Gasteiger partial charge in [-0.1, -0.05) is 19.1 Å². The number of aliphatic hydroxyl groups excluding tert-OH is 1. The molecule has 0 radical (unpaired) electrons. The van der Waals surface area contributed by atoms with Gasteiger partial charge in [-0.15, -0.1) is 0 Å². The summed E-state index contributed by atoms with van der Waals surface area (Å²) in [5.41, 5.74) is 0.245. The van der Waals surface area contributed by atoms with Crippen molar-refractivity contribution < 1.29 is 18.4 Å². The van der Waals surface area contributed by atoms with Gasteiger partial charge in [0.25, 0.3) is 5.69 Å². The van der Waals surface area contributed by atoms with E-state index in [1.807, 2.05) is 0 Å². The van der Waals surface area contributed by atoms with Crippen LogP contribution in [0.3, 0.4) is 0 Å². The van der Waals surface area contributed by atoms with Crippen LogP contribution in [0.4, 0.5) is 5.69 Å². The fourth-order valence-corrected chi connectivity index (χ4v) is 3.17. The number of aliphatic hydroxyl groups is 1. The smallest absolute Gasteiger partial charge is 0.269 e. The second-order valence-electron chi connectivity index (χ2n) is 4.07. The maximum atomic E-state index is 11.7. The van der Waals surface area contributed by atoms with Gasteiger partial charge in [-0.3, -0.25) is 10.1 Å². The van der Waals surface area contributed by atoms with Gasteiger partial charge in [-0.25, -0.2) is 8.42 Å². The largest absolute Gasteiger partial charge is 0.391 e. The second-order valence-corrected chi connectivity index (χ2v) is 6.24. The van der Waals surface area contributed by atoms with Crippen LogP contribution in [-0.4, -0.2) is 30.8 Å². The predicted molar refractivity (Wildman–Crippen MR) is 67.0 cm³/mol. The quantitative estimate of drug-likeness (QED) is 0.646. The Hall–Kier alpha value is -1.47. The maximum Gasteiger partial charge on any atom is 0.269 e. The molecular weight excluding hydrogens is 258 g/mol. The number of nitro groups is 1. The average Bonchev–Trinajstić information content (AvgIpc) is 2.27. The molecule has 0 aliphatic carbocycles. The van der Waals surface area contributed by atoms with Crippen LogP contribution in [0.1, 0.15) is 24.2 Å². The summed E-state index contributed by atoms with van der Waals surface area (Å²) >= 11 is 0. The highest BCUT2D eigenvalue weighted by atomic mass is 32.2. The summed E-state index contributed by atoms with van der Waals surface area (Å²) in [6.07, 6.45) is 0.300. The minimum Gasteiger partial charge on any atom is -0.391 e. The van der Waals surface area contributed by atoms with Crippen molar-refractivity contribution in [2.24, 2.45) is 0 Å². The SMILES string of the molecule is CCC(O)C(c1ccc([N+](=O)[O-])cc1)S(C)(=O)=O. The molecule has 1 aromatic rings. The van der Waals surface area contributed by atoms with Crippen LogP contribution in [0, 0.1) is 10.1 Å². The van der Waals surface area contributed by atoms with Crippen LogP contribution < -0.4 is 0 Å². The molecule has 0 spiro atoms. The van der Waals surface area contributed by atoms with Crippen molar-refractivity contribution in [2.45, 2.75) is 24.7 Å². The van der Waals surface area contributed by atoms with Crippen molar-refractivity contribution >= 4 is 15.5 Å². The molecule has 2 atom stereocenters. The van der Waals surface area contributed by atoms with Crippen molar-refractivity contribution in [3.05, 3.63) is 39.9 Å². The molecule has 0 aliphatic rings. The summed E-state index contributed by atoms with van der Waals surface area (Å²) in [5, 5.41) is 19.2. The van der Waals surface area contributed by atoms with Crippen LogP contribution in [0.25, 0.3) is 0 Å². The van der Waals surface area contributed by atoms with E-state index >= 15 is 0 Å². The van der Waals surface area contributed by atoms with Gasteiger partial charge in [-0.2, -0.15) is 0 Å². The Balaban J connectivity index is 3.19. The lowest BCUT2D eigenvalue weighted by Crippen LogP contribution is -2.25. The molecule has 0 aromatic heterocycles. The molecule has 0 saturated carbocycles. The zero-order chi connectivity index (χ0) is 13.9. The molecule has 0 amide bonds. The van der Waals surface area contributed by atoms with Gasteiger partial charge in [0, 0.05) is 18.4 Å². The molecule has 6 nitrogen and oxygen atoms in total. The highest BCUT2D eigenvalue weighted by Crippen LogP contribution is 2.28. The summed E-state index contributed by atoms with van der Waals surface area (Å²) < 4.78 is 23.3. The lowest BCUT2D eigenvalue weighted by molar-refractivity contribution is -0.384. The second kappa shape index (κ2) is 5.45. The minimum atomic E-state index is -3.48. The van der Waals surface area contributed by atoms with Crippen molar-refractivity contribution in [3.8, 4) is 0 Å². The van der Waals surface area contributed by atoms with E-state index in [2.05, 4.69) is 0 Å². The molecule has 0 fully saturated rings. The van der Waals surface area contributed by atoms with E-state index in [0.29, 0.717) is 5.56 Å². The molecule has 1 rings (SSSR count). The Bertz CT molecular complexity index is 523. The molecule has 0 aliphatic heterocycles. The number of sulfone groups is 1. The van der Waals surface area contributed by atoms with Gasteiger partial charge in [-0.05, 0) is 12.0 Å². The zero-order valence-electron chi connectivity index (χ0n) is 10.1. The van der Waals surface area contributed by atoms with Crippen LogP contribution in [0.5, 0.6) is 0 Å². The highest BCUT2D eigenvalue weighted by molar-refractivity contribution is 7.91. The Kier molecular flexibility index (Phi) is 4.42. The van der Waals surface area contributed by atoms with Gasteiger partial charge in [0.05, 0.1) is 11.0 Å². The van der Waals surface area contributed by atoms with Gasteiger partial charge in [0.1, 0.15) is 5.25 Å². The first-order chi connectivity index (χ1) is 8.27. The van der Waals surface area contributed by atoms with E-state index in [-0.39, 0.29) is 12.1 Å². The van der Waals surface area contributed by atoms with Crippen LogP contribution in [-0.2, 0) is 9.84 Å². The van der Waals surface area contributed by atoms with Crippen LogP contribution >= 0.6 is 0 Å². The van der Waals surface area contributed by atoms with E-state index in [9.17, 15) is 23.6 Å². The molecule has 18 heavy (non-hydrogen) atoms. The first kappa shape index (κ1) is 14.6. The molecular formula is C11H15NO5S. The van der Waals surface area contributed by atoms with Crippen molar-refractivity contribution in [3.63, 3.8) is 0 Å². The van der Waals surface area contributed by atoms with E-state index in [4.69, 9.17) is 0 Å². The normalized spacial score (nSPS) is 15.1. The van der Waals surface area contributed by atoms with Crippen molar-refractivity contribution in [1.82, 2.24) is 0 Å². The molecule has 0 saturated heterocycles. The number of benzene rings is 1. The summed E-state index contributed by atoms with van der Waals surface area (Å²) in [4.78, 5) is 9.95. The molecule has 0 heterocycles. The molecule has 7 heteroatoms. The first-order valence-electron chi connectivity index (χ1n) is 5.38. The summed E-state index contributed by atoms with van der Waals surface area (Å²) in [5.74, 6) is 0. The monoisotopic (exact) mass is 273 g/mol. The highest BCUT2D eigenvalue weighted by Gasteiger charge is 2.29. The third-order valence-corrected chi connectivity index (χ3v) is 4.17. The summed E-state index contributed by atoms with van der Waals surface area (Å²) in [6, 6.07) is 5.19. The fourth-order valence-electron chi connectivity index (χ4n) is 1.75. The number of nitro benzene ring substituents is 1. The van der Waals surface area contributed by atoms with Gasteiger partial charge < -0.3 is 5.11 Å². The van der Waals surface area contributed by atoms with E-state index < -0.39 is 26.1 Å². The minimum absolute atomic E-state index is 0.114. The Morgan fingerprint density at radius 2 is 1.83 bits per heavy atom. The molecule has 0 bridgehead atoms. The van der Waals surface area contributed by atoms with Crippen LogP contribution in [0.15, 0.2) is 24.3 Å². The molecule has 1 N–H and O–H groups in total. The molecule has 1 aromatic carbocycles. The number of rotatable bonds is 5. The van der Waals surface area contributed by atoms with Gasteiger partial charge in [0.2, 0.25) is 0 Å². The third kappa shape index (κ3) is 3.27. The first-order valence-corrected chi connectivity index (χ1v) is 7.34. The van der Waals surface area contributed by atoms with Crippen LogP contribution in [0.2, 0.25) is 0 Å². The maximum absolute atomic E-state index is 11.7. The Morgan fingerprint density at radius 3 is 2.17 bits per heavy atom. The zero-order valence-corrected chi connectivity index (χ0v) is 10.9. The molecule has 100 valence electrons. The van der Waals surface area contributed by atoms with Crippen molar-refractivity contribution in [2.75, 3.05) is 6.26 Å². The number of non-ortho nitro benzene ring substituents is 1. The van der Waals surface area contributed by atoms with Gasteiger partial charge in [0.15, 0.2) is 9.84 Å². The lowest BCUT2D eigenvalue weighted by Gasteiger charge is -2.20. The number of hydrogen-bond acceptors (Lipinski definition) is 5. The lowest BCUT2D eigenvalue weighted by atomic mass is 10.1. The third-order valence-electron chi connectivity index (χ3n) is 2.66. The van der Waals surface area contributed by atoms with E-state index in [0.717, 1.165) is 6.26 Å². The summed E-state index contributed by atoms with van der Waals surface area (Å²) in [7, 11) is -3.48. The number of hydrogen-bond donors (Lipinski definition) is 1. The van der Waals surface area contributed by atoms with Gasteiger partial charge >= 0.3 is 0 Å². The predicted octanol–water partition coefficient (Wildman–Crippen LogP) is 1.45. The van der Waals surface area contributed by atoms with Crippen molar-refractivity contribution in [1.29, 1.82) is 0 Å². The summed E-state index contributed by atoms with van der Waals surface area (Å²) in [6.45, 7) is 1.67. The van der Waals surface area contributed by atoms with E-state index in [1.54, 1.807) is 6.92 Å². The van der Waals surface area contributed by atoms with E-state index in [1.165, 1.54) is 24.3 Å². The topological polar surface area (TPSA) is 97.5 Å². The number of nitrogens with zero attached hydrogens (tertiary/aromatic N) is 1. The standard InChI is InChI=1S/C11H15NO5S/c1-3-10(13)11(18(2,16)17)8-4-6-9(7-5-8)12(14)15/h4-7,10-11,13H,3H2,1-2H3. The molecule has 2 unspecified atom stereocenters.